The predicted molar refractivity (Wildman–Crippen MR) is 110 cm³/mol. The predicted octanol–water partition coefficient (Wildman–Crippen LogP) is 4.00. The van der Waals surface area contributed by atoms with Crippen LogP contribution in [0.25, 0.3) is 0 Å². The quantitative estimate of drug-likeness (QED) is 0.831. The molecule has 2 aliphatic rings. The molecular formula is C21H29ClN4O. The zero-order valence-corrected chi connectivity index (χ0v) is 16.7. The van der Waals surface area contributed by atoms with Crippen molar-refractivity contribution in [2.75, 3.05) is 5.32 Å². The van der Waals surface area contributed by atoms with Gasteiger partial charge in [0.1, 0.15) is 5.82 Å². The molecule has 3 N–H and O–H groups in total. The van der Waals surface area contributed by atoms with Crippen LogP contribution in [0.1, 0.15) is 61.3 Å². The third-order valence-electron chi connectivity index (χ3n) is 6.03. The first-order valence-electron chi connectivity index (χ1n) is 9.81. The SMILES string of the molecule is Cc1cnn(C2CCCc3ccccc32)c1NC(=O)C[C@@H]1CCC[C@H]1N.Cl. The van der Waals surface area contributed by atoms with Crippen LogP contribution in [0.2, 0.25) is 0 Å². The number of aryl methyl sites for hydroxylation is 2. The Kier molecular flexibility index (Phi) is 6.22. The third-order valence-corrected chi connectivity index (χ3v) is 6.03. The number of benzene rings is 1. The molecule has 0 radical (unpaired) electrons. The summed E-state index contributed by atoms with van der Waals surface area (Å²) in [4.78, 5) is 12.6. The zero-order valence-electron chi connectivity index (χ0n) is 15.9. The van der Waals surface area contributed by atoms with Crippen molar-refractivity contribution in [2.45, 2.75) is 64.0 Å². The number of anilines is 1. The number of halogens is 1. The molecule has 0 spiro atoms. The fourth-order valence-corrected chi connectivity index (χ4v) is 4.56. The van der Waals surface area contributed by atoms with Crippen molar-refractivity contribution >= 4 is 24.1 Å². The van der Waals surface area contributed by atoms with E-state index in [1.165, 1.54) is 11.1 Å². The van der Waals surface area contributed by atoms with Crippen LogP contribution < -0.4 is 11.1 Å². The molecule has 5 nitrogen and oxygen atoms in total. The lowest BCUT2D eigenvalue weighted by Crippen LogP contribution is -2.29. The Hall–Kier alpha value is -1.85. The second-order valence-corrected chi connectivity index (χ2v) is 7.83. The van der Waals surface area contributed by atoms with Crippen molar-refractivity contribution in [3.8, 4) is 0 Å². The summed E-state index contributed by atoms with van der Waals surface area (Å²) in [5.41, 5.74) is 9.87. The lowest BCUT2D eigenvalue weighted by Gasteiger charge is -2.27. The van der Waals surface area contributed by atoms with Gasteiger partial charge in [0.25, 0.3) is 0 Å². The number of hydrogen-bond donors (Lipinski definition) is 2. The summed E-state index contributed by atoms with van der Waals surface area (Å²) < 4.78 is 2.01. The van der Waals surface area contributed by atoms with E-state index >= 15 is 0 Å². The van der Waals surface area contributed by atoms with Crippen LogP contribution in [0.4, 0.5) is 5.82 Å². The standard InChI is InChI=1S/C21H28N4O.ClH/c1-14-13-23-25(19-11-5-7-15-6-2-3-9-17(15)19)21(14)24-20(26)12-16-8-4-10-18(16)22;/h2-3,6,9,13,16,18-19H,4-5,7-8,10-12,22H2,1H3,(H,24,26);1H/t16-,18+,19?;/m0./s1. The largest absolute Gasteiger partial charge is 0.327 e. The molecule has 0 bridgehead atoms. The minimum atomic E-state index is 0. The van der Waals surface area contributed by atoms with Crippen LogP contribution >= 0.6 is 12.4 Å². The Morgan fingerprint density at radius 1 is 1.26 bits per heavy atom. The highest BCUT2D eigenvalue weighted by molar-refractivity contribution is 5.90. The number of rotatable bonds is 4. The minimum absolute atomic E-state index is 0. The molecule has 1 saturated carbocycles. The Balaban J connectivity index is 0.00000210. The van der Waals surface area contributed by atoms with Gasteiger partial charge < -0.3 is 11.1 Å². The molecule has 1 aromatic heterocycles. The van der Waals surface area contributed by atoms with Crippen molar-refractivity contribution < 1.29 is 4.79 Å². The second-order valence-electron chi connectivity index (χ2n) is 7.83. The highest BCUT2D eigenvalue weighted by Crippen LogP contribution is 2.35. The maximum Gasteiger partial charge on any atom is 0.225 e. The highest BCUT2D eigenvalue weighted by atomic mass is 35.5. The highest BCUT2D eigenvalue weighted by Gasteiger charge is 2.28. The number of nitrogens with zero attached hydrogens (tertiary/aromatic N) is 2. The van der Waals surface area contributed by atoms with Gasteiger partial charge in [-0.2, -0.15) is 5.10 Å². The molecule has 2 aromatic rings. The van der Waals surface area contributed by atoms with Crippen LogP contribution in [-0.4, -0.2) is 21.7 Å². The fourth-order valence-electron chi connectivity index (χ4n) is 4.56. The summed E-state index contributed by atoms with van der Waals surface area (Å²) in [6.07, 6.45) is 8.90. The van der Waals surface area contributed by atoms with Gasteiger partial charge in [0, 0.05) is 18.0 Å². The number of carbonyl (C=O) groups is 1. The van der Waals surface area contributed by atoms with Gasteiger partial charge in [-0.05, 0) is 56.1 Å². The van der Waals surface area contributed by atoms with Gasteiger partial charge in [0.15, 0.2) is 0 Å². The van der Waals surface area contributed by atoms with Gasteiger partial charge in [-0.15, -0.1) is 12.4 Å². The summed E-state index contributed by atoms with van der Waals surface area (Å²) in [5.74, 6) is 1.20. The Morgan fingerprint density at radius 2 is 2.07 bits per heavy atom. The van der Waals surface area contributed by atoms with Crippen molar-refractivity contribution in [3.05, 3.63) is 47.2 Å². The van der Waals surface area contributed by atoms with Gasteiger partial charge in [0.05, 0.1) is 12.2 Å². The molecule has 3 atom stereocenters. The maximum atomic E-state index is 12.6. The first-order chi connectivity index (χ1) is 12.6. The minimum Gasteiger partial charge on any atom is -0.327 e. The summed E-state index contributed by atoms with van der Waals surface area (Å²) in [6.45, 7) is 2.01. The average molecular weight is 389 g/mol. The number of fused-ring (bicyclic) bond motifs is 1. The molecule has 1 unspecified atom stereocenters. The van der Waals surface area contributed by atoms with Gasteiger partial charge in [-0.25, -0.2) is 4.68 Å². The molecule has 1 fully saturated rings. The average Bonchev–Trinajstić information content (AvgIpc) is 3.21. The van der Waals surface area contributed by atoms with E-state index in [0.717, 1.165) is 49.9 Å². The molecule has 0 aliphatic heterocycles. The number of nitrogens with two attached hydrogens (primary N) is 1. The molecule has 4 rings (SSSR count). The van der Waals surface area contributed by atoms with Crippen LogP contribution in [0, 0.1) is 12.8 Å². The van der Waals surface area contributed by atoms with Crippen molar-refractivity contribution in [2.24, 2.45) is 11.7 Å². The molecule has 0 saturated heterocycles. The Labute approximate surface area is 167 Å². The third kappa shape index (κ3) is 4.04. The first kappa shape index (κ1) is 19.9. The number of hydrogen-bond acceptors (Lipinski definition) is 3. The van der Waals surface area contributed by atoms with E-state index in [-0.39, 0.29) is 30.4 Å². The number of amides is 1. The molecule has 1 heterocycles. The maximum absolute atomic E-state index is 12.6. The van der Waals surface area contributed by atoms with Gasteiger partial charge >= 0.3 is 0 Å². The van der Waals surface area contributed by atoms with Crippen LogP contribution in [0.5, 0.6) is 0 Å². The molecule has 1 aromatic carbocycles. The van der Waals surface area contributed by atoms with E-state index in [0.29, 0.717) is 12.3 Å². The topological polar surface area (TPSA) is 72.9 Å². The zero-order chi connectivity index (χ0) is 18.1. The lowest BCUT2D eigenvalue weighted by atomic mass is 9.88. The molecule has 2 aliphatic carbocycles. The summed E-state index contributed by atoms with van der Waals surface area (Å²) >= 11 is 0. The molecule has 6 heteroatoms. The van der Waals surface area contributed by atoms with E-state index in [9.17, 15) is 4.79 Å². The number of nitrogens with one attached hydrogen (secondary N) is 1. The van der Waals surface area contributed by atoms with E-state index in [1.807, 2.05) is 17.8 Å². The van der Waals surface area contributed by atoms with Crippen LogP contribution in [-0.2, 0) is 11.2 Å². The Bertz CT molecular complexity index is 803. The van der Waals surface area contributed by atoms with Gasteiger partial charge in [-0.1, -0.05) is 30.7 Å². The van der Waals surface area contributed by atoms with Crippen molar-refractivity contribution in [1.82, 2.24) is 9.78 Å². The molecule has 1 amide bonds. The number of aromatic nitrogens is 2. The Morgan fingerprint density at radius 3 is 2.85 bits per heavy atom. The normalized spacial score (nSPS) is 24.1. The smallest absolute Gasteiger partial charge is 0.225 e. The van der Waals surface area contributed by atoms with E-state index < -0.39 is 0 Å². The second kappa shape index (κ2) is 8.44. The van der Waals surface area contributed by atoms with E-state index in [1.54, 1.807) is 0 Å². The molecule has 27 heavy (non-hydrogen) atoms. The summed E-state index contributed by atoms with van der Waals surface area (Å²) in [7, 11) is 0. The fraction of sp³-hybridized carbons (Fsp3) is 0.524. The van der Waals surface area contributed by atoms with Crippen LogP contribution in [0.15, 0.2) is 30.5 Å². The first-order valence-corrected chi connectivity index (χ1v) is 9.81. The lowest BCUT2D eigenvalue weighted by molar-refractivity contribution is -0.117. The van der Waals surface area contributed by atoms with Gasteiger partial charge in [0.2, 0.25) is 5.91 Å². The van der Waals surface area contributed by atoms with Crippen molar-refractivity contribution in [1.29, 1.82) is 0 Å². The summed E-state index contributed by atoms with van der Waals surface area (Å²) in [5, 5.41) is 7.76. The van der Waals surface area contributed by atoms with Crippen LogP contribution in [0.3, 0.4) is 0 Å². The monoisotopic (exact) mass is 388 g/mol. The molecular weight excluding hydrogens is 360 g/mol. The van der Waals surface area contributed by atoms with E-state index in [2.05, 4.69) is 34.7 Å². The van der Waals surface area contributed by atoms with Gasteiger partial charge in [-0.3, -0.25) is 4.79 Å². The van der Waals surface area contributed by atoms with E-state index in [4.69, 9.17) is 5.73 Å². The summed E-state index contributed by atoms with van der Waals surface area (Å²) in [6, 6.07) is 8.95. The number of carbonyl (C=O) groups excluding carboxylic acids is 1. The molecule has 146 valence electrons. The van der Waals surface area contributed by atoms with Crippen molar-refractivity contribution in [3.63, 3.8) is 0 Å².